The van der Waals surface area contributed by atoms with Crippen LogP contribution < -0.4 is 10.1 Å². The van der Waals surface area contributed by atoms with Crippen molar-refractivity contribution in [3.05, 3.63) is 29.5 Å². The van der Waals surface area contributed by atoms with Gasteiger partial charge in [0.25, 0.3) is 0 Å². The molecule has 3 nitrogen and oxygen atoms in total. The molecule has 1 N–H and O–H groups in total. The van der Waals surface area contributed by atoms with Crippen LogP contribution in [0.4, 0.5) is 0 Å². The summed E-state index contributed by atoms with van der Waals surface area (Å²) in [5.74, 6) is 0.964. The maximum Gasteiger partial charge on any atom is 0.120 e. The van der Waals surface area contributed by atoms with Crippen LogP contribution in [-0.2, 0) is 13.1 Å². The van der Waals surface area contributed by atoms with E-state index in [1.54, 1.807) is 0 Å². The van der Waals surface area contributed by atoms with Crippen LogP contribution in [0, 0.1) is 6.92 Å². The highest BCUT2D eigenvalue weighted by Gasteiger charge is 2.13. The molecule has 20 heavy (non-hydrogen) atoms. The van der Waals surface area contributed by atoms with E-state index in [-0.39, 0.29) is 0 Å². The van der Waals surface area contributed by atoms with E-state index in [0.29, 0.717) is 6.61 Å². The summed E-state index contributed by atoms with van der Waals surface area (Å²) in [7, 11) is 0. The molecule has 0 aliphatic carbocycles. The first-order valence-corrected chi connectivity index (χ1v) is 7.68. The second-order valence-electron chi connectivity index (χ2n) is 5.11. The number of rotatable bonds is 7. The Bertz CT molecular complexity index is 572. The first kappa shape index (κ1) is 14.9. The Morgan fingerprint density at radius 2 is 2.00 bits per heavy atom. The SMILES string of the molecule is CCCn1c(C)c(CNCC)c2cc(OCC)ccc21. The summed E-state index contributed by atoms with van der Waals surface area (Å²) in [6, 6.07) is 6.46. The second kappa shape index (κ2) is 6.80. The Morgan fingerprint density at radius 1 is 1.20 bits per heavy atom. The lowest BCUT2D eigenvalue weighted by molar-refractivity contribution is 0.340. The highest BCUT2D eigenvalue weighted by atomic mass is 16.5. The number of hydrogen-bond acceptors (Lipinski definition) is 2. The summed E-state index contributed by atoms with van der Waals surface area (Å²) in [6.45, 7) is 12.3. The fourth-order valence-corrected chi connectivity index (χ4v) is 2.77. The lowest BCUT2D eigenvalue weighted by Gasteiger charge is -2.07. The molecule has 0 fully saturated rings. The van der Waals surface area contributed by atoms with Gasteiger partial charge in [-0.1, -0.05) is 13.8 Å². The highest BCUT2D eigenvalue weighted by Crippen LogP contribution is 2.29. The molecule has 0 aliphatic heterocycles. The third-order valence-corrected chi connectivity index (χ3v) is 3.74. The van der Waals surface area contributed by atoms with Crippen molar-refractivity contribution in [1.82, 2.24) is 9.88 Å². The topological polar surface area (TPSA) is 26.2 Å². The zero-order valence-electron chi connectivity index (χ0n) is 13.1. The molecule has 110 valence electrons. The fourth-order valence-electron chi connectivity index (χ4n) is 2.77. The monoisotopic (exact) mass is 274 g/mol. The van der Waals surface area contributed by atoms with Crippen molar-refractivity contribution in [2.45, 2.75) is 47.2 Å². The van der Waals surface area contributed by atoms with Crippen molar-refractivity contribution >= 4 is 10.9 Å². The van der Waals surface area contributed by atoms with Crippen LogP contribution >= 0.6 is 0 Å². The second-order valence-corrected chi connectivity index (χ2v) is 5.11. The largest absolute Gasteiger partial charge is 0.494 e. The van der Waals surface area contributed by atoms with Gasteiger partial charge in [0.1, 0.15) is 5.75 Å². The lowest BCUT2D eigenvalue weighted by atomic mass is 10.1. The van der Waals surface area contributed by atoms with Gasteiger partial charge in [-0.05, 0) is 50.6 Å². The zero-order valence-corrected chi connectivity index (χ0v) is 13.1. The molecule has 0 aliphatic rings. The molecule has 0 bridgehead atoms. The van der Waals surface area contributed by atoms with Crippen molar-refractivity contribution in [3.63, 3.8) is 0 Å². The van der Waals surface area contributed by atoms with Gasteiger partial charge in [0, 0.05) is 29.7 Å². The molecule has 0 saturated carbocycles. The Morgan fingerprint density at radius 3 is 2.65 bits per heavy atom. The normalized spacial score (nSPS) is 11.2. The van der Waals surface area contributed by atoms with E-state index < -0.39 is 0 Å². The molecule has 0 saturated heterocycles. The average molecular weight is 274 g/mol. The predicted molar refractivity (Wildman–Crippen MR) is 85.5 cm³/mol. The van der Waals surface area contributed by atoms with E-state index in [9.17, 15) is 0 Å². The summed E-state index contributed by atoms with van der Waals surface area (Å²) in [6.07, 6.45) is 1.15. The molecular weight excluding hydrogens is 248 g/mol. The maximum absolute atomic E-state index is 5.65. The highest BCUT2D eigenvalue weighted by molar-refractivity contribution is 5.87. The van der Waals surface area contributed by atoms with Crippen LogP contribution in [0.1, 0.15) is 38.4 Å². The number of nitrogens with one attached hydrogen (secondary N) is 1. The number of hydrogen-bond donors (Lipinski definition) is 1. The summed E-state index contributed by atoms with van der Waals surface area (Å²) >= 11 is 0. The third-order valence-electron chi connectivity index (χ3n) is 3.74. The summed E-state index contributed by atoms with van der Waals surface area (Å²) in [4.78, 5) is 0. The Balaban J connectivity index is 2.54. The standard InChI is InChI=1S/C17H26N2O/c1-5-10-19-13(4)16(12-18-6-2)15-11-14(20-7-3)8-9-17(15)19/h8-9,11,18H,5-7,10,12H2,1-4H3. The van der Waals surface area contributed by atoms with E-state index in [4.69, 9.17) is 4.74 Å². The van der Waals surface area contributed by atoms with Crippen molar-refractivity contribution in [1.29, 1.82) is 0 Å². The van der Waals surface area contributed by atoms with Gasteiger partial charge in [0.15, 0.2) is 0 Å². The third kappa shape index (κ3) is 2.83. The lowest BCUT2D eigenvalue weighted by Crippen LogP contribution is -2.12. The van der Waals surface area contributed by atoms with Gasteiger partial charge < -0.3 is 14.6 Å². The quantitative estimate of drug-likeness (QED) is 0.829. The van der Waals surface area contributed by atoms with Crippen LogP contribution in [0.2, 0.25) is 0 Å². The summed E-state index contributed by atoms with van der Waals surface area (Å²) in [5.41, 5.74) is 4.09. The van der Waals surface area contributed by atoms with Crippen molar-refractivity contribution in [3.8, 4) is 5.75 Å². The minimum Gasteiger partial charge on any atom is -0.494 e. The van der Waals surface area contributed by atoms with Crippen molar-refractivity contribution in [2.75, 3.05) is 13.2 Å². The Hall–Kier alpha value is -1.48. The van der Waals surface area contributed by atoms with E-state index in [2.05, 4.69) is 48.9 Å². The number of ether oxygens (including phenoxy) is 1. The number of benzene rings is 1. The number of fused-ring (bicyclic) bond motifs is 1. The zero-order chi connectivity index (χ0) is 14.5. The molecular formula is C17H26N2O. The Kier molecular flexibility index (Phi) is 5.07. The van der Waals surface area contributed by atoms with Crippen LogP contribution in [0.3, 0.4) is 0 Å². The molecule has 1 heterocycles. The first-order chi connectivity index (χ1) is 9.72. The molecule has 0 amide bonds. The maximum atomic E-state index is 5.65. The minimum absolute atomic E-state index is 0.711. The first-order valence-electron chi connectivity index (χ1n) is 7.68. The van der Waals surface area contributed by atoms with E-state index in [0.717, 1.165) is 31.8 Å². The van der Waals surface area contributed by atoms with Gasteiger partial charge in [-0.15, -0.1) is 0 Å². The number of nitrogens with zero attached hydrogens (tertiary/aromatic N) is 1. The predicted octanol–water partition coefficient (Wildman–Crippen LogP) is 3.87. The summed E-state index contributed by atoms with van der Waals surface area (Å²) in [5, 5.41) is 4.77. The molecule has 2 aromatic rings. The van der Waals surface area contributed by atoms with Crippen LogP contribution in [0.15, 0.2) is 18.2 Å². The molecule has 1 aromatic heterocycles. The molecule has 1 aromatic carbocycles. The molecule has 0 atom stereocenters. The molecule has 0 unspecified atom stereocenters. The van der Waals surface area contributed by atoms with Crippen molar-refractivity contribution in [2.24, 2.45) is 0 Å². The van der Waals surface area contributed by atoms with Crippen LogP contribution in [0.25, 0.3) is 10.9 Å². The van der Waals surface area contributed by atoms with Gasteiger partial charge in [0.05, 0.1) is 6.61 Å². The summed E-state index contributed by atoms with van der Waals surface area (Å²) < 4.78 is 8.08. The number of aryl methyl sites for hydroxylation is 1. The molecule has 0 radical (unpaired) electrons. The van der Waals surface area contributed by atoms with Crippen molar-refractivity contribution < 1.29 is 4.74 Å². The van der Waals surface area contributed by atoms with Gasteiger partial charge in [0.2, 0.25) is 0 Å². The van der Waals surface area contributed by atoms with Gasteiger partial charge in [-0.25, -0.2) is 0 Å². The van der Waals surface area contributed by atoms with Gasteiger partial charge >= 0.3 is 0 Å². The molecule has 3 heteroatoms. The smallest absolute Gasteiger partial charge is 0.120 e. The number of aromatic nitrogens is 1. The minimum atomic E-state index is 0.711. The molecule has 0 spiro atoms. The van der Waals surface area contributed by atoms with Crippen LogP contribution in [0.5, 0.6) is 5.75 Å². The van der Waals surface area contributed by atoms with Gasteiger partial charge in [-0.2, -0.15) is 0 Å². The fraction of sp³-hybridized carbons (Fsp3) is 0.529. The van der Waals surface area contributed by atoms with E-state index >= 15 is 0 Å². The van der Waals surface area contributed by atoms with Crippen LogP contribution in [-0.4, -0.2) is 17.7 Å². The van der Waals surface area contributed by atoms with E-state index in [1.165, 1.54) is 22.2 Å². The van der Waals surface area contributed by atoms with Gasteiger partial charge in [-0.3, -0.25) is 0 Å². The Labute approximate surface area is 121 Å². The average Bonchev–Trinajstić information content (AvgIpc) is 2.70. The molecule has 2 rings (SSSR count). The van der Waals surface area contributed by atoms with E-state index in [1.807, 2.05) is 6.92 Å².